The first-order valence-corrected chi connectivity index (χ1v) is 10.3. The lowest BCUT2D eigenvalue weighted by Crippen LogP contribution is -2.46. The lowest BCUT2D eigenvalue weighted by atomic mass is 10.0. The van der Waals surface area contributed by atoms with Gasteiger partial charge >= 0.3 is 0 Å². The number of carbonyl (C=O) groups is 2. The Bertz CT molecular complexity index is 1000. The quantitative estimate of drug-likeness (QED) is 0.333. The van der Waals surface area contributed by atoms with Crippen LogP contribution in [0.2, 0.25) is 10.0 Å². The molecule has 162 valence electrons. The van der Waals surface area contributed by atoms with E-state index in [1.807, 2.05) is 19.9 Å². The van der Waals surface area contributed by atoms with Crippen molar-refractivity contribution in [3.63, 3.8) is 0 Å². The molecule has 2 aromatic rings. The Morgan fingerprint density at radius 3 is 2.65 bits per heavy atom. The molecule has 2 aromatic carbocycles. The second kappa shape index (κ2) is 12.0. The number of nitrogens with one attached hydrogen (secondary N) is 2. The summed E-state index contributed by atoms with van der Waals surface area (Å²) < 4.78 is 5.45. The van der Waals surface area contributed by atoms with Gasteiger partial charge in [-0.3, -0.25) is 9.59 Å². The standard InChI is InChI=1S/C23H23Cl2N3O3/c1-4-11-31-21-8-6-5-7-16(21)14-26-28-23(30)20(12-15(2)3)27-22(29)18-10-9-17(24)13-19(18)25/h1,5-10,13-15,20H,11-12H2,2-3H3,(H,27,29)(H,28,30)/b26-14-/t20-/m0/s1. The number of ether oxygens (including phenoxy) is 1. The molecule has 0 heterocycles. The van der Waals surface area contributed by atoms with E-state index in [0.717, 1.165) is 0 Å². The van der Waals surface area contributed by atoms with Crippen molar-refractivity contribution >= 4 is 41.2 Å². The van der Waals surface area contributed by atoms with Crippen LogP contribution in [0.5, 0.6) is 5.75 Å². The van der Waals surface area contributed by atoms with E-state index in [2.05, 4.69) is 21.8 Å². The van der Waals surface area contributed by atoms with E-state index in [1.54, 1.807) is 24.3 Å². The fourth-order valence-electron chi connectivity index (χ4n) is 2.69. The normalized spacial score (nSPS) is 11.7. The van der Waals surface area contributed by atoms with Crippen molar-refractivity contribution in [3.05, 3.63) is 63.6 Å². The molecule has 8 heteroatoms. The number of benzene rings is 2. The SMILES string of the molecule is C#CCOc1ccccc1/C=N\NC(=O)[C@H](CC(C)C)NC(=O)c1ccc(Cl)cc1Cl. The summed E-state index contributed by atoms with van der Waals surface area (Å²) in [6.45, 7) is 4.01. The summed E-state index contributed by atoms with van der Waals surface area (Å²) in [5.74, 6) is 2.17. The maximum Gasteiger partial charge on any atom is 0.262 e. The molecule has 31 heavy (non-hydrogen) atoms. The smallest absolute Gasteiger partial charge is 0.262 e. The third-order valence-electron chi connectivity index (χ3n) is 4.11. The minimum Gasteiger partial charge on any atom is -0.480 e. The molecular formula is C23H23Cl2N3O3. The second-order valence-corrected chi connectivity index (χ2v) is 7.89. The zero-order valence-electron chi connectivity index (χ0n) is 17.2. The molecule has 0 saturated heterocycles. The Labute approximate surface area is 192 Å². The van der Waals surface area contributed by atoms with E-state index in [-0.39, 0.29) is 23.1 Å². The van der Waals surface area contributed by atoms with Crippen molar-refractivity contribution in [2.75, 3.05) is 6.61 Å². The molecular weight excluding hydrogens is 437 g/mol. The summed E-state index contributed by atoms with van der Waals surface area (Å²) >= 11 is 12.0. The highest BCUT2D eigenvalue weighted by molar-refractivity contribution is 6.36. The average molecular weight is 460 g/mol. The third kappa shape index (κ3) is 7.63. The molecule has 0 aliphatic carbocycles. The maximum atomic E-state index is 12.7. The van der Waals surface area contributed by atoms with Gasteiger partial charge in [-0.2, -0.15) is 5.10 Å². The second-order valence-electron chi connectivity index (χ2n) is 7.04. The number of terminal acetylenes is 1. The minimum atomic E-state index is -0.802. The van der Waals surface area contributed by atoms with E-state index < -0.39 is 17.9 Å². The molecule has 0 aliphatic heterocycles. The Hall–Kier alpha value is -3.01. The van der Waals surface area contributed by atoms with Gasteiger partial charge in [-0.05, 0) is 42.7 Å². The summed E-state index contributed by atoms with van der Waals surface area (Å²) in [4.78, 5) is 25.3. The molecule has 0 saturated carbocycles. The summed E-state index contributed by atoms with van der Waals surface area (Å²) in [5, 5.41) is 7.33. The van der Waals surface area contributed by atoms with Crippen LogP contribution >= 0.6 is 23.2 Å². The predicted molar refractivity (Wildman–Crippen MR) is 124 cm³/mol. The highest BCUT2D eigenvalue weighted by atomic mass is 35.5. The van der Waals surface area contributed by atoms with E-state index in [4.69, 9.17) is 34.4 Å². The average Bonchev–Trinajstić information content (AvgIpc) is 2.72. The molecule has 0 aromatic heterocycles. The van der Waals surface area contributed by atoms with Crippen LogP contribution in [-0.4, -0.2) is 30.7 Å². The van der Waals surface area contributed by atoms with Gasteiger partial charge < -0.3 is 10.1 Å². The third-order valence-corrected chi connectivity index (χ3v) is 4.66. The molecule has 0 bridgehead atoms. The molecule has 0 radical (unpaired) electrons. The molecule has 1 atom stereocenters. The van der Waals surface area contributed by atoms with E-state index in [1.165, 1.54) is 18.3 Å². The maximum absolute atomic E-state index is 12.7. The number of rotatable bonds is 9. The van der Waals surface area contributed by atoms with Gasteiger partial charge in [-0.1, -0.05) is 55.1 Å². The van der Waals surface area contributed by atoms with Gasteiger partial charge in [0.2, 0.25) is 0 Å². The molecule has 0 fully saturated rings. The van der Waals surface area contributed by atoms with Gasteiger partial charge in [-0.25, -0.2) is 5.43 Å². The molecule has 6 nitrogen and oxygen atoms in total. The molecule has 2 amide bonds. The van der Waals surface area contributed by atoms with Crippen LogP contribution in [0, 0.1) is 18.3 Å². The zero-order chi connectivity index (χ0) is 22.8. The predicted octanol–water partition coefficient (Wildman–Crippen LogP) is 4.30. The van der Waals surface area contributed by atoms with Crippen LogP contribution in [0.3, 0.4) is 0 Å². The van der Waals surface area contributed by atoms with Gasteiger partial charge in [0.05, 0.1) is 16.8 Å². The van der Waals surface area contributed by atoms with Gasteiger partial charge in [0.15, 0.2) is 0 Å². The van der Waals surface area contributed by atoms with Crippen LogP contribution in [0.4, 0.5) is 0 Å². The summed E-state index contributed by atoms with van der Waals surface area (Å²) in [7, 11) is 0. The number of carbonyl (C=O) groups excluding carboxylic acids is 2. The monoisotopic (exact) mass is 459 g/mol. The molecule has 2 N–H and O–H groups in total. The van der Waals surface area contributed by atoms with Crippen molar-refractivity contribution in [1.82, 2.24) is 10.7 Å². The van der Waals surface area contributed by atoms with Crippen LogP contribution in [-0.2, 0) is 4.79 Å². The van der Waals surface area contributed by atoms with Crippen LogP contribution in [0.25, 0.3) is 0 Å². The largest absolute Gasteiger partial charge is 0.480 e. The van der Waals surface area contributed by atoms with E-state index in [9.17, 15) is 9.59 Å². The van der Waals surface area contributed by atoms with Gasteiger partial charge in [0.1, 0.15) is 18.4 Å². The molecule has 0 unspecified atom stereocenters. The summed E-state index contributed by atoms with van der Waals surface area (Å²) in [6.07, 6.45) is 7.09. The van der Waals surface area contributed by atoms with Gasteiger partial charge in [0.25, 0.3) is 11.8 Å². The minimum absolute atomic E-state index is 0.118. The summed E-state index contributed by atoms with van der Waals surface area (Å²) in [6, 6.07) is 10.9. The number of hydrogen-bond acceptors (Lipinski definition) is 4. The van der Waals surface area contributed by atoms with Crippen LogP contribution in [0.15, 0.2) is 47.6 Å². The lowest BCUT2D eigenvalue weighted by Gasteiger charge is -2.19. The Kier molecular flexibility index (Phi) is 9.39. The molecule has 2 rings (SSSR count). The first-order chi connectivity index (χ1) is 14.8. The molecule has 0 spiro atoms. The van der Waals surface area contributed by atoms with Crippen molar-refractivity contribution < 1.29 is 14.3 Å². The first-order valence-electron chi connectivity index (χ1n) is 9.56. The first kappa shape index (κ1) is 24.3. The zero-order valence-corrected chi connectivity index (χ0v) is 18.7. The van der Waals surface area contributed by atoms with Gasteiger partial charge in [0, 0.05) is 10.6 Å². The van der Waals surface area contributed by atoms with E-state index >= 15 is 0 Å². The van der Waals surface area contributed by atoms with Crippen molar-refractivity contribution in [3.8, 4) is 18.1 Å². The Balaban J connectivity index is 2.09. The van der Waals surface area contributed by atoms with Crippen LogP contribution in [0.1, 0.15) is 36.2 Å². The van der Waals surface area contributed by atoms with Crippen molar-refractivity contribution in [2.24, 2.45) is 11.0 Å². The van der Waals surface area contributed by atoms with Gasteiger partial charge in [-0.15, -0.1) is 6.42 Å². The number of nitrogens with zero attached hydrogens (tertiary/aromatic N) is 1. The highest BCUT2D eigenvalue weighted by Crippen LogP contribution is 2.21. The number of para-hydroxylation sites is 1. The fraction of sp³-hybridized carbons (Fsp3) is 0.261. The topological polar surface area (TPSA) is 79.8 Å². The lowest BCUT2D eigenvalue weighted by molar-refractivity contribution is -0.123. The highest BCUT2D eigenvalue weighted by Gasteiger charge is 2.23. The van der Waals surface area contributed by atoms with Crippen LogP contribution < -0.4 is 15.5 Å². The number of hydrogen-bond donors (Lipinski definition) is 2. The van der Waals surface area contributed by atoms with E-state index in [0.29, 0.717) is 22.8 Å². The number of amides is 2. The molecule has 0 aliphatic rings. The number of hydrazone groups is 1. The van der Waals surface area contributed by atoms with Crippen molar-refractivity contribution in [1.29, 1.82) is 0 Å². The Morgan fingerprint density at radius 1 is 1.23 bits per heavy atom. The fourth-order valence-corrected chi connectivity index (χ4v) is 3.19. The van der Waals surface area contributed by atoms with Crippen molar-refractivity contribution in [2.45, 2.75) is 26.3 Å². The summed E-state index contributed by atoms with van der Waals surface area (Å²) in [5.41, 5.74) is 3.35. The number of halogens is 2. The Morgan fingerprint density at radius 2 is 1.97 bits per heavy atom.